The van der Waals surface area contributed by atoms with E-state index in [0.717, 1.165) is 10.7 Å². The predicted octanol–water partition coefficient (Wildman–Crippen LogP) is -0.555. The molecule has 16 heavy (non-hydrogen) atoms. The Bertz CT molecular complexity index is 400. The third-order valence-electron chi connectivity index (χ3n) is 2.07. The molecule has 0 bridgehead atoms. The summed E-state index contributed by atoms with van der Waals surface area (Å²) in [5, 5.41) is 0.724. The lowest BCUT2D eigenvalue weighted by molar-refractivity contribution is -0.135. The van der Waals surface area contributed by atoms with Gasteiger partial charge in [0.05, 0.1) is 5.69 Å². The molecule has 0 aliphatic rings. The van der Waals surface area contributed by atoms with Gasteiger partial charge in [-0.15, -0.1) is 0 Å². The van der Waals surface area contributed by atoms with Gasteiger partial charge in [-0.2, -0.15) is 0 Å². The zero-order chi connectivity index (χ0) is 12.3. The molecular weight excluding hydrogens is 208 g/mol. The lowest BCUT2D eigenvalue weighted by Crippen LogP contribution is -2.45. The average Bonchev–Trinajstić information content (AvgIpc) is 2.27. The van der Waals surface area contributed by atoms with Gasteiger partial charge >= 0.3 is 11.8 Å². The van der Waals surface area contributed by atoms with Gasteiger partial charge in [0.1, 0.15) is 0 Å². The number of hydrogen-bond donors (Lipinski definition) is 2. The first-order valence-corrected chi connectivity index (χ1v) is 4.59. The van der Waals surface area contributed by atoms with Gasteiger partial charge in [-0.25, -0.2) is 10.9 Å². The van der Waals surface area contributed by atoms with Crippen LogP contribution >= 0.6 is 0 Å². The zero-order valence-corrected chi connectivity index (χ0v) is 9.18. The van der Waals surface area contributed by atoms with Crippen molar-refractivity contribution < 1.29 is 9.59 Å². The number of amides is 2. The molecule has 0 heterocycles. The van der Waals surface area contributed by atoms with E-state index in [-0.39, 0.29) is 0 Å². The molecule has 0 aliphatic heterocycles. The van der Waals surface area contributed by atoms with Crippen LogP contribution in [0.4, 0.5) is 11.4 Å². The molecule has 6 heteroatoms. The summed E-state index contributed by atoms with van der Waals surface area (Å²) >= 11 is 0. The van der Waals surface area contributed by atoms with E-state index in [1.807, 2.05) is 19.0 Å². The van der Waals surface area contributed by atoms with E-state index in [1.54, 1.807) is 24.3 Å². The van der Waals surface area contributed by atoms with Gasteiger partial charge in [0.15, 0.2) is 0 Å². The maximum absolute atomic E-state index is 11.2. The molecule has 0 atom stereocenters. The Labute approximate surface area is 93.4 Å². The van der Waals surface area contributed by atoms with Gasteiger partial charge < -0.3 is 10.6 Å². The van der Waals surface area contributed by atoms with Crippen molar-refractivity contribution in [3.63, 3.8) is 0 Å². The van der Waals surface area contributed by atoms with Crippen LogP contribution in [0, 0.1) is 0 Å². The standard InChI is InChI=1S/C10H14N4O2/c1-13(2)7-3-5-8(6-4-7)14(12)10(16)9(11)15/h3-6H,12H2,1-2H3,(H2,11,15). The minimum Gasteiger partial charge on any atom is -0.378 e. The fourth-order valence-electron chi connectivity index (χ4n) is 1.15. The van der Waals surface area contributed by atoms with Gasteiger partial charge in [-0.1, -0.05) is 0 Å². The van der Waals surface area contributed by atoms with Crippen LogP contribution in [0.3, 0.4) is 0 Å². The van der Waals surface area contributed by atoms with Crippen molar-refractivity contribution >= 4 is 23.2 Å². The summed E-state index contributed by atoms with van der Waals surface area (Å²) in [7, 11) is 3.79. The molecule has 0 fully saturated rings. The molecule has 0 aliphatic carbocycles. The van der Waals surface area contributed by atoms with Crippen molar-refractivity contribution in [2.75, 3.05) is 24.0 Å². The molecule has 0 saturated heterocycles. The van der Waals surface area contributed by atoms with E-state index >= 15 is 0 Å². The van der Waals surface area contributed by atoms with E-state index in [9.17, 15) is 9.59 Å². The van der Waals surface area contributed by atoms with Crippen LogP contribution < -0.4 is 21.5 Å². The number of hydrazine groups is 1. The highest BCUT2D eigenvalue weighted by Gasteiger charge is 2.17. The van der Waals surface area contributed by atoms with Crippen LogP contribution in [0.2, 0.25) is 0 Å². The topological polar surface area (TPSA) is 92.7 Å². The fourth-order valence-corrected chi connectivity index (χ4v) is 1.15. The molecular formula is C10H14N4O2. The van der Waals surface area contributed by atoms with Crippen molar-refractivity contribution in [3.05, 3.63) is 24.3 Å². The minimum atomic E-state index is -1.08. The molecule has 0 aromatic heterocycles. The summed E-state index contributed by atoms with van der Waals surface area (Å²) < 4.78 is 0. The van der Waals surface area contributed by atoms with Crippen LogP contribution in [-0.4, -0.2) is 25.9 Å². The predicted molar refractivity (Wildman–Crippen MR) is 61.6 cm³/mol. The molecule has 0 saturated carbocycles. The van der Waals surface area contributed by atoms with Crippen LogP contribution in [-0.2, 0) is 9.59 Å². The second-order valence-electron chi connectivity index (χ2n) is 3.45. The Morgan fingerprint density at radius 1 is 1.06 bits per heavy atom. The Morgan fingerprint density at radius 3 is 1.88 bits per heavy atom. The highest BCUT2D eigenvalue weighted by Crippen LogP contribution is 2.17. The molecule has 1 rings (SSSR count). The highest BCUT2D eigenvalue weighted by atomic mass is 16.2. The molecule has 1 aromatic rings. The first-order valence-electron chi connectivity index (χ1n) is 4.59. The smallest absolute Gasteiger partial charge is 0.330 e. The Hall–Kier alpha value is -2.08. The number of carbonyl (C=O) groups excluding carboxylic acids is 2. The van der Waals surface area contributed by atoms with E-state index in [1.165, 1.54) is 0 Å². The van der Waals surface area contributed by atoms with Gasteiger partial charge in [-0.05, 0) is 24.3 Å². The largest absolute Gasteiger partial charge is 0.378 e. The molecule has 2 amide bonds. The van der Waals surface area contributed by atoms with Crippen LogP contribution in [0.15, 0.2) is 24.3 Å². The summed E-state index contributed by atoms with van der Waals surface area (Å²) in [6.07, 6.45) is 0. The number of hydrogen-bond acceptors (Lipinski definition) is 4. The van der Waals surface area contributed by atoms with E-state index in [0.29, 0.717) is 5.69 Å². The number of nitrogens with zero attached hydrogens (tertiary/aromatic N) is 2. The average molecular weight is 222 g/mol. The van der Waals surface area contributed by atoms with Crippen LogP contribution in [0.5, 0.6) is 0 Å². The Kier molecular flexibility index (Phi) is 3.47. The monoisotopic (exact) mass is 222 g/mol. The van der Waals surface area contributed by atoms with Crippen molar-refractivity contribution in [3.8, 4) is 0 Å². The van der Waals surface area contributed by atoms with E-state index in [4.69, 9.17) is 11.6 Å². The first-order chi connectivity index (χ1) is 7.43. The summed E-state index contributed by atoms with van der Waals surface area (Å²) in [4.78, 5) is 23.7. The number of carbonyl (C=O) groups is 2. The van der Waals surface area contributed by atoms with Gasteiger partial charge in [0.2, 0.25) is 0 Å². The number of rotatable bonds is 2. The summed E-state index contributed by atoms with van der Waals surface area (Å²) in [6, 6.07) is 6.83. The number of nitrogens with two attached hydrogens (primary N) is 2. The summed E-state index contributed by atoms with van der Waals surface area (Å²) in [5.74, 6) is 3.40. The van der Waals surface area contributed by atoms with Crippen molar-refractivity contribution in [2.45, 2.75) is 0 Å². The molecule has 6 nitrogen and oxygen atoms in total. The number of anilines is 2. The van der Waals surface area contributed by atoms with Crippen molar-refractivity contribution in [2.24, 2.45) is 11.6 Å². The second-order valence-corrected chi connectivity index (χ2v) is 3.45. The quantitative estimate of drug-likeness (QED) is 0.304. The molecule has 86 valence electrons. The molecule has 1 aromatic carbocycles. The molecule has 0 radical (unpaired) electrons. The fraction of sp³-hybridized carbons (Fsp3) is 0.200. The van der Waals surface area contributed by atoms with Crippen LogP contribution in [0.1, 0.15) is 0 Å². The van der Waals surface area contributed by atoms with Gasteiger partial charge in [0.25, 0.3) is 0 Å². The Balaban J connectivity index is 2.89. The van der Waals surface area contributed by atoms with Crippen molar-refractivity contribution in [1.29, 1.82) is 0 Å². The summed E-state index contributed by atoms with van der Waals surface area (Å²) in [5.41, 5.74) is 6.21. The van der Waals surface area contributed by atoms with Crippen molar-refractivity contribution in [1.82, 2.24) is 0 Å². The normalized spacial score (nSPS) is 9.69. The maximum Gasteiger partial charge on any atom is 0.330 e. The van der Waals surface area contributed by atoms with Gasteiger partial charge in [0, 0.05) is 19.8 Å². The Morgan fingerprint density at radius 2 is 1.50 bits per heavy atom. The van der Waals surface area contributed by atoms with E-state index in [2.05, 4.69) is 0 Å². The minimum absolute atomic E-state index is 0.411. The molecule has 0 spiro atoms. The number of benzene rings is 1. The SMILES string of the molecule is CN(C)c1ccc(N(N)C(=O)C(N)=O)cc1. The van der Waals surface area contributed by atoms with E-state index < -0.39 is 11.8 Å². The number of primary amides is 1. The second kappa shape index (κ2) is 4.63. The zero-order valence-electron chi connectivity index (χ0n) is 9.18. The van der Waals surface area contributed by atoms with Gasteiger partial charge in [-0.3, -0.25) is 9.59 Å². The first kappa shape index (κ1) is 12.0. The molecule has 4 N–H and O–H groups in total. The van der Waals surface area contributed by atoms with Crippen LogP contribution in [0.25, 0.3) is 0 Å². The molecule has 0 unspecified atom stereocenters. The highest BCUT2D eigenvalue weighted by molar-refractivity contribution is 6.39. The lowest BCUT2D eigenvalue weighted by atomic mass is 10.2. The summed E-state index contributed by atoms with van der Waals surface area (Å²) in [6.45, 7) is 0. The maximum atomic E-state index is 11.2. The lowest BCUT2D eigenvalue weighted by Gasteiger charge is -2.17. The third-order valence-corrected chi connectivity index (χ3v) is 2.07. The third kappa shape index (κ3) is 2.48.